The summed E-state index contributed by atoms with van der Waals surface area (Å²) in [7, 11) is 0. The Bertz CT molecular complexity index is 359. The maximum absolute atomic E-state index is 5.36. The number of halogens is 1. The van der Waals surface area contributed by atoms with E-state index in [2.05, 4.69) is 26.1 Å². The molecular weight excluding hydrogens is 242 g/mol. The number of nitrogens with two attached hydrogens (primary N) is 1. The number of hydrogen-bond donors (Lipinski definition) is 1. The lowest BCUT2D eigenvalue weighted by molar-refractivity contribution is 0.439. The van der Waals surface area contributed by atoms with Crippen LogP contribution < -0.4 is 5.73 Å². The van der Waals surface area contributed by atoms with Gasteiger partial charge in [0.2, 0.25) is 5.88 Å². The molecule has 2 aromatic rings. The monoisotopic (exact) mass is 245 g/mol. The Hall–Kier alpha value is -0.880. The van der Waals surface area contributed by atoms with E-state index in [1.54, 1.807) is 6.07 Å². The normalized spacial score (nSPS) is 10.4. The van der Waals surface area contributed by atoms with E-state index in [0.717, 1.165) is 9.61 Å². The second kappa shape index (κ2) is 2.87. The Morgan fingerprint density at radius 3 is 2.83 bits per heavy atom. The van der Waals surface area contributed by atoms with Gasteiger partial charge in [0.25, 0.3) is 0 Å². The summed E-state index contributed by atoms with van der Waals surface area (Å²) >= 11 is 4.75. The van der Waals surface area contributed by atoms with Crippen LogP contribution in [0.15, 0.2) is 19.9 Å². The van der Waals surface area contributed by atoms with Gasteiger partial charge in [-0.1, -0.05) is 5.16 Å². The lowest BCUT2D eigenvalue weighted by Crippen LogP contribution is -1.76. The molecule has 0 unspecified atom stereocenters. The van der Waals surface area contributed by atoms with Crippen molar-refractivity contribution >= 4 is 33.2 Å². The van der Waals surface area contributed by atoms with Crippen LogP contribution in [0, 0.1) is 0 Å². The smallest absolute Gasteiger partial charge is 0.222 e. The molecule has 12 heavy (non-hydrogen) atoms. The van der Waals surface area contributed by atoms with Gasteiger partial charge in [-0.2, -0.15) is 0 Å². The molecule has 2 rings (SSSR count). The van der Waals surface area contributed by atoms with E-state index >= 15 is 0 Å². The van der Waals surface area contributed by atoms with Crippen LogP contribution in [-0.2, 0) is 0 Å². The van der Waals surface area contributed by atoms with Crippen molar-refractivity contribution in [1.82, 2.24) is 10.1 Å². The Morgan fingerprint density at radius 1 is 1.50 bits per heavy atom. The first kappa shape index (κ1) is 7.75. The first-order chi connectivity index (χ1) is 5.75. The number of anilines is 1. The number of nitrogen functional groups attached to an aromatic ring is 1. The second-order valence-electron chi connectivity index (χ2n) is 2.10. The maximum atomic E-state index is 5.36. The van der Waals surface area contributed by atoms with Crippen LogP contribution in [0.1, 0.15) is 0 Å². The molecule has 0 saturated heterocycles. The molecule has 4 nitrogen and oxygen atoms in total. The molecule has 0 aliphatic rings. The molecule has 0 aromatic carbocycles. The Kier molecular flexibility index (Phi) is 1.86. The topological polar surface area (TPSA) is 64.9 Å². The molecule has 0 amide bonds. The molecule has 0 fully saturated rings. The molecular formula is C6H4BrN3OS. The molecule has 0 radical (unpaired) electrons. The predicted octanol–water partition coefficient (Wildman–Crippen LogP) is 2.14. The summed E-state index contributed by atoms with van der Waals surface area (Å²) in [6.07, 6.45) is 0. The van der Waals surface area contributed by atoms with Crippen LogP contribution in [0.2, 0.25) is 0 Å². The van der Waals surface area contributed by atoms with Crippen LogP contribution >= 0.6 is 27.3 Å². The summed E-state index contributed by atoms with van der Waals surface area (Å²) < 4.78 is 5.52. The fraction of sp³-hybridized carbons (Fsp3) is 0. The lowest BCUT2D eigenvalue weighted by Gasteiger charge is -1.81. The quantitative estimate of drug-likeness (QED) is 0.837. The maximum Gasteiger partial charge on any atom is 0.222 e. The zero-order chi connectivity index (χ0) is 8.55. The third-order valence-electron chi connectivity index (χ3n) is 1.27. The van der Waals surface area contributed by atoms with Crippen molar-refractivity contribution in [1.29, 1.82) is 0 Å². The zero-order valence-electron chi connectivity index (χ0n) is 5.82. The highest BCUT2D eigenvalue weighted by atomic mass is 79.9. The van der Waals surface area contributed by atoms with Crippen molar-refractivity contribution in [3.05, 3.63) is 15.4 Å². The molecule has 0 atom stereocenters. The average Bonchev–Trinajstić information content (AvgIpc) is 2.58. The molecule has 0 bridgehead atoms. The highest BCUT2D eigenvalue weighted by molar-refractivity contribution is 9.11. The third kappa shape index (κ3) is 1.35. The average molecular weight is 246 g/mol. The summed E-state index contributed by atoms with van der Waals surface area (Å²) in [6.45, 7) is 0. The van der Waals surface area contributed by atoms with E-state index in [-0.39, 0.29) is 0 Å². The van der Waals surface area contributed by atoms with Crippen molar-refractivity contribution in [2.75, 3.05) is 5.73 Å². The largest absolute Gasteiger partial charge is 0.368 e. The number of thiazole rings is 1. The number of hydrogen-bond acceptors (Lipinski definition) is 5. The van der Waals surface area contributed by atoms with Crippen LogP contribution in [0.3, 0.4) is 0 Å². The van der Waals surface area contributed by atoms with E-state index in [4.69, 9.17) is 10.3 Å². The SMILES string of the molecule is Nc1cc(-c2csc(Br)n2)no1. The first-order valence-corrected chi connectivity index (χ1v) is 4.76. The van der Waals surface area contributed by atoms with Gasteiger partial charge >= 0.3 is 0 Å². The van der Waals surface area contributed by atoms with Gasteiger partial charge in [0.05, 0.1) is 0 Å². The van der Waals surface area contributed by atoms with E-state index < -0.39 is 0 Å². The standard InChI is InChI=1S/C6H4BrN3OS/c7-6-9-4(2-12-6)3-1-5(8)11-10-3/h1-2H,8H2. The minimum absolute atomic E-state index is 0.300. The molecule has 62 valence electrons. The molecule has 2 N–H and O–H groups in total. The van der Waals surface area contributed by atoms with Gasteiger partial charge in [0.1, 0.15) is 11.4 Å². The second-order valence-corrected chi connectivity index (χ2v) is 4.23. The molecule has 2 heterocycles. The summed E-state index contributed by atoms with van der Waals surface area (Å²) in [5.41, 5.74) is 6.79. The van der Waals surface area contributed by atoms with E-state index in [1.807, 2.05) is 5.38 Å². The molecule has 0 aliphatic heterocycles. The van der Waals surface area contributed by atoms with Gasteiger partial charge in [-0.15, -0.1) is 11.3 Å². The van der Waals surface area contributed by atoms with Crippen molar-refractivity contribution in [3.8, 4) is 11.4 Å². The van der Waals surface area contributed by atoms with Gasteiger partial charge < -0.3 is 10.3 Å². The van der Waals surface area contributed by atoms with E-state index in [9.17, 15) is 0 Å². The molecule has 0 saturated carbocycles. The van der Waals surface area contributed by atoms with Gasteiger partial charge in [0.15, 0.2) is 3.92 Å². The highest BCUT2D eigenvalue weighted by Gasteiger charge is 2.07. The lowest BCUT2D eigenvalue weighted by atomic mass is 10.3. The van der Waals surface area contributed by atoms with Crippen LogP contribution in [0.25, 0.3) is 11.4 Å². The van der Waals surface area contributed by atoms with Crippen LogP contribution in [-0.4, -0.2) is 10.1 Å². The van der Waals surface area contributed by atoms with Crippen molar-refractivity contribution in [2.45, 2.75) is 0 Å². The number of rotatable bonds is 1. The van der Waals surface area contributed by atoms with Crippen LogP contribution in [0.5, 0.6) is 0 Å². The molecule has 6 heteroatoms. The fourth-order valence-corrected chi connectivity index (χ4v) is 1.78. The van der Waals surface area contributed by atoms with E-state index in [0.29, 0.717) is 11.6 Å². The third-order valence-corrected chi connectivity index (χ3v) is 2.63. The Labute approximate surface area is 80.5 Å². The number of nitrogens with zero attached hydrogens (tertiary/aromatic N) is 2. The predicted molar refractivity (Wildman–Crippen MR) is 49.7 cm³/mol. The zero-order valence-corrected chi connectivity index (χ0v) is 8.22. The molecule has 2 aromatic heterocycles. The fourth-order valence-electron chi connectivity index (χ4n) is 0.780. The minimum Gasteiger partial charge on any atom is -0.368 e. The molecule has 0 aliphatic carbocycles. The summed E-state index contributed by atoms with van der Waals surface area (Å²) in [5, 5.41) is 5.60. The minimum atomic E-state index is 0.300. The summed E-state index contributed by atoms with van der Waals surface area (Å²) in [5.74, 6) is 0.300. The van der Waals surface area contributed by atoms with Gasteiger partial charge in [0, 0.05) is 11.4 Å². The van der Waals surface area contributed by atoms with E-state index in [1.165, 1.54) is 11.3 Å². The van der Waals surface area contributed by atoms with Gasteiger partial charge in [-0.3, -0.25) is 0 Å². The van der Waals surface area contributed by atoms with Crippen molar-refractivity contribution in [2.24, 2.45) is 0 Å². The van der Waals surface area contributed by atoms with Crippen molar-refractivity contribution in [3.63, 3.8) is 0 Å². The van der Waals surface area contributed by atoms with Crippen LogP contribution in [0.4, 0.5) is 5.88 Å². The van der Waals surface area contributed by atoms with Gasteiger partial charge in [-0.05, 0) is 15.9 Å². The Balaban J connectivity index is 2.43. The Morgan fingerprint density at radius 2 is 2.33 bits per heavy atom. The summed E-state index contributed by atoms with van der Waals surface area (Å²) in [4.78, 5) is 4.15. The first-order valence-electron chi connectivity index (χ1n) is 3.09. The van der Waals surface area contributed by atoms with Gasteiger partial charge in [-0.25, -0.2) is 4.98 Å². The number of aromatic nitrogens is 2. The summed E-state index contributed by atoms with van der Waals surface area (Å²) in [6, 6.07) is 1.64. The molecule has 0 spiro atoms. The van der Waals surface area contributed by atoms with Crippen molar-refractivity contribution < 1.29 is 4.52 Å². The highest BCUT2D eigenvalue weighted by Crippen LogP contribution is 2.24.